The maximum absolute atomic E-state index is 10.4. The molecule has 0 rings (SSSR count). The SMILES string of the molecule is CC.NC(=O)C(N)CCCN=C(N)N. The number of primary amides is 1. The molecule has 1 atom stereocenters. The molecule has 1 unspecified atom stereocenters. The molecule has 14 heavy (non-hydrogen) atoms. The number of rotatable bonds is 5. The Balaban J connectivity index is 0. The van der Waals surface area contributed by atoms with E-state index < -0.39 is 11.9 Å². The van der Waals surface area contributed by atoms with Crippen molar-refractivity contribution in [3.05, 3.63) is 0 Å². The van der Waals surface area contributed by atoms with Crippen molar-refractivity contribution in [2.75, 3.05) is 6.54 Å². The van der Waals surface area contributed by atoms with Crippen molar-refractivity contribution in [2.24, 2.45) is 27.9 Å². The number of nitrogens with two attached hydrogens (primary N) is 4. The molecule has 0 aliphatic carbocycles. The first-order valence-electron chi connectivity index (χ1n) is 4.64. The molecule has 1 amide bonds. The van der Waals surface area contributed by atoms with Crippen molar-refractivity contribution in [3.8, 4) is 0 Å². The molecule has 0 spiro atoms. The second-order valence-corrected chi connectivity index (χ2v) is 2.46. The largest absolute Gasteiger partial charge is 0.370 e. The molecule has 0 aliphatic rings. The van der Waals surface area contributed by atoms with E-state index in [1.807, 2.05) is 13.8 Å². The van der Waals surface area contributed by atoms with E-state index in [1.54, 1.807) is 0 Å². The summed E-state index contributed by atoms with van der Waals surface area (Å²) in [6.07, 6.45) is 1.16. The van der Waals surface area contributed by atoms with Crippen LogP contribution in [0.1, 0.15) is 26.7 Å². The molecule has 8 N–H and O–H groups in total. The summed E-state index contributed by atoms with van der Waals surface area (Å²) in [5.41, 5.74) is 20.4. The van der Waals surface area contributed by atoms with Crippen molar-refractivity contribution >= 4 is 11.9 Å². The maximum Gasteiger partial charge on any atom is 0.234 e. The summed E-state index contributed by atoms with van der Waals surface area (Å²) < 4.78 is 0. The number of amides is 1. The van der Waals surface area contributed by atoms with Gasteiger partial charge in [0, 0.05) is 6.54 Å². The minimum absolute atomic E-state index is 0.0441. The average Bonchev–Trinajstić information content (AvgIpc) is 2.15. The summed E-state index contributed by atoms with van der Waals surface area (Å²) in [5, 5.41) is 0. The van der Waals surface area contributed by atoms with E-state index in [2.05, 4.69) is 4.99 Å². The first-order valence-corrected chi connectivity index (χ1v) is 4.64. The first kappa shape index (κ1) is 15.2. The third kappa shape index (κ3) is 10.7. The lowest BCUT2D eigenvalue weighted by atomic mass is 10.1. The summed E-state index contributed by atoms with van der Waals surface area (Å²) in [6, 6.07) is -0.598. The smallest absolute Gasteiger partial charge is 0.234 e. The number of guanidine groups is 1. The Kier molecular flexibility index (Phi) is 10.6. The quantitative estimate of drug-likeness (QED) is 0.256. The average molecular weight is 203 g/mol. The Morgan fingerprint density at radius 2 is 1.79 bits per heavy atom. The van der Waals surface area contributed by atoms with E-state index in [9.17, 15) is 4.79 Å². The molecule has 6 nitrogen and oxygen atoms in total. The molecule has 0 aromatic carbocycles. The molecule has 0 fully saturated rings. The molecule has 0 radical (unpaired) electrons. The summed E-state index contributed by atoms with van der Waals surface area (Å²) >= 11 is 0. The first-order chi connectivity index (χ1) is 6.54. The maximum atomic E-state index is 10.4. The van der Waals surface area contributed by atoms with Crippen LogP contribution in [0.4, 0.5) is 0 Å². The lowest BCUT2D eigenvalue weighted by Gasteiger charge is -2.04. The zero-order chi connectivity index (χ0) is 11.6. The van der Waals surface area contributed by atoms with Gasteiger partial charge >= 0.3 is 0 Å². The van der Waals surface area contributed by atoms with E-state index >= 15 is 0 Å². The highest BCUT2D eigenvalue weighted by Gasteiger charge is 2.07. The molecule has 0 heterocycles. The van der Waals surface area contributed by atoms with Crippen LogP contribution in [0.25, 0.3) is 0 Å². The number of aliphatic imine (C=N–C) groups is 1. The van der Waals surface area contributed by atoms with Crippen LogP contribution in [-0.4, -0.2) is 24.5 Å². The summed E-state index contributed by atoms with van der Waals surface area (Å²) in [6.45, 7) is 4.48. The van der Waals surface area contributed by atoms with Gasteiger partial charge in [-0.25, -0.2) is 0 Å². The van der Waals surface area contributed by atoms with Crippen molar-refractivity contribution in [3.63, 3.8) is 0 Å². The van der Waals surface area contributed by atoms with Crippen LogP contribution in [0.3, 0.4) is 0 Å². The second-order valence-electron chi connectivity index (χ2n) is 2.46. The van der Waals surface area contributed by atoms with Crippen molar-refractivity contribution in [1.82, 2.24) is 0 Å². The predicted molar refractivity (Wildman–Crippen MR) is 58.4 cm³/mol. The van der Waals surface area contributed by atoms with Crippen molar-refractivity contribution in [2.45, 2.75) is 32.7 Å². The second kappa shape index (κ2) is 9.79. The van der Waals surface area contributed by atoms with Gasteiger partial charge in [-0.1, -0.05) is 13.8 Å². The van der Waals surface area contributed by atoms with Crippen molar-refractivity contribution in [1.29, 1.82) is 0 Å². The Bertz CT molecular complexity index is 177. The van der Waals surface area contributed by atoms with E-state index in [-0.39, 0.29) is 5.96 Å². The monoisotopic (exact) mass is 203 g/mol. The highest BCUT2D eigenvalue weighted by Crippen LogP contribution is 1.93. The molecule has 0 saturated heterocycles. The lowest BCUT2D eigenvalue weighted by Crippen LogP contribution is -2.36. The number of hydrogen-bond acceptors (Lipinski definition) is 3. The van der Waals surface area contributed by atoms with Crippen molar-refractivity contribution < 1.29 is 4.79 Å². The van der Waals surface area contributed by atoms with Gasteiger partial charge in [0.2, 0.25) is 5.91 Å². The van der Waals surface area contributed by atoms with Crippen LogP contribution in [0.5, 0.6) is 0 Å². The molecule has 0 aromatic heterocycles. The number of hydrogen-bond donors (Lipinski definition) is 4. The lowest BCUT2D eigenvalue weighted by molar-refractivity contribution is -0.119. The van der Waals surface area contributed by atoms with E-state index in [4.69, 9.17) is 22.9 Å². The molecular formula is C8H21N5O. The Labute approximate surface area is 84.7 Å². The molecule has 0 aliphatic heterocycles. The van der Waals surface area contributed by atoms with Crippen LogP contribution in [-0.2, 0) is 4.79 Å². The van der Waals surface area contributed by atoms with Gasteiger partial charge in [0.1, 0.15) is 0 Å². The highest BCUT2D eigenvalue weighted by atomic mass is 16.1. The standard InChI is InChI=1S/C6H15N5O.C2H6/c7-4(5(8)12)2-1-3-11-6(9)10;1-2/h4H,1-3,7H2,(H2,8,12)(H4,9,10,11);1-2H3. The Morgan fingerprint density at radius 1 is 1.29 bits per heavy atom. The minimum Gasteiger partial charge on any atom is -0.370 e. The third-order valence-corrected chi connectivity index (χ3v) is 1.33. The number of carbonyl (C=O) groups is 1. The van der Waals surface area contributed by atoms with Gasteiger partial charge in [0.05, 0.1) is 6.04 Å². The summed E-state index contributed by atoms with van der Waals surface area (Å²) in [7, 11) is 0. The van der Waals surface area contributed by atoms with Gasteiger partial charge in [0.15, 0.2) is 5.96 Å². The molecule has 0 saturated carbocycles. The zero-order valence-corrected chi connectivity index (χ0v) is 8.86. The molecular weight excluding hydrogens is 182 g/mol. The van der Waals surface area contributed by atoms with Crippen LogP contribution < -0.4 is 22.9 Å². The highest BCUT2D eigenvalue weighted by molar-refractivity contribution is 5.79. The summed E-state index contributed by atoms with van der Waals surface area (Å²) in [4.78, 5) is 14.2. The fraction of sp³-hybridized carbons (Fsp3) is 0.750. The van der Waals surface area contributed by atoms with Gasteiger partial charge in [-0.15, -0.1) is 0 Å². The number of carbonyl (C=O) groups excluding carboxylic acids is 1. The molecule has 0 aromatic rings. The number of nitrogens with zero attached hydrogens (tertiary/aromatic N) is 1. The topological polar surface area (TPSA) is 134 Å². The van der Waals surface area contributed by atoms with Crippen LogP contribution in [0.2, 0.25) is 0 Å². The zero-order valence-electron chi connectivity index (χ0n) is 8.86. The summed E-state index contributed by atoms with van der Waals surface area (Å²) in [5.74, 6) is -0.456. The Hall–Kier alpha value is -1.30. The van der Waals surface area contributed by atoms with Crippen LogP contribution >= 0.6 is 0 Å². The fourth-order valence-corrected chi connectivity index (χ4v) is 0.662. The Morgan fingerprint density at radius 3 is 2.14 bits per heavy atom. The van der Waals surface area contributed by atoms with E-state index in [0.717, 1.165) is 0 Å². The molecule has 6 heteroatoms. The van der Waals surface area contributed by atoms with Crippen LogP contribution in [0, 0.1) is 0 Å². The van der Waals surface area contributed by atoms with Gasteiger partial charge < -0.3 is 22.9 Å². The molecule has 0 bridgehead atoms. The van der Waals surface area contributed by atoms with Gasteiger partial charge in [-0.05, 0) is 12.8 Å². The van der Waals surface area contributed by atoms with Gasteiger partial charge in [0.25, 0.3) is 0 Å². The molecule has 84 valence electrons. The minimum atomic E-state index is -0.598. The van der Waals surface area contributed by atoms with Gasteiger partial charge in [-0.2, -0.15) is 0 Å². The third-order valence-electron chi connectivity index (χ3n) is 1.33. The van der Waals surface area contributed by atoms with Crippen LogP contribution in [0.15, 0.2) is 4.99 Å². The van der Waals surface area contributed by atoms with E-state index in [0.29, 0.717) is 19.4 Å². The van der Waals surface area contributed by atoms with Gasteiger partial charge in [-0.3, -0.25) is 9.79 Å². The predicted octanol–water partition coefficient (Wildman–Crippen LogP) is -1.12. The van der Waals surface area contributed by atoms with E-state index in [1.165, 1.54) is 0 Å². The fourth-order valence-electron chi connectivity index (χ4n) is 0.662. The normalized spacial score (nSPS) is 10.8.